The van der Waals surface area contributed by atoms with Gasteiger partial charge in [0.1, 0.15) is 0 Å². The second-order valence-corrected chi connectivity index (χ2v) is 3.48. The van der Waals surface area contributed by atoms with Crippen molar-refractivity contribution in [3.63, 3.8) is 0 Å². The molecule has 2 nitrogen and oxygen atoms in total. The van der Waals surface area contributed by atoms with E-state index >= 15 is 0 Å². The van der Waals surface area contributed by atoms with Crippen LogP contribution in [-0.2, 0) is 9.53 Å². The lowest BCUT2D eigenvalue weighted by Gasteiger charge is -2.23. The minimum Gasteiger partial charge on any atom is -0.469 e. The summed E-state index contributed by atoms with van der Waals surface area (Å²) in [6.45, 7) is 6.24. The van der Waals surface area contributed by atoms with Gasteiger partial charge in [0.2, 0.25) is 0 Å². The van der Waals surface area contributed by atoms with Crippen molar-refractivity contribution in [3.8, 4) is 0 Å². The van der Waals surface area contributed by atoms with E-state index in [1.165, 1.54) is 20.0 Å². The lowest BCUT2D eigenvalue weighted by atomic mass is 9.83. The number of hydrogen-bond acceptors (Lipinski definition) is 2. The molecular weight excluding hydrogens is 176 g/mol. The van der Waals surface area contributed by atoms with Crippen molar-refractivity contribution in [2.45, 2.75) is 53.9 Å². The van der Waals surface area contributed by atoms with Gasteiger partial charge in [0.25, 0.3) is 0 Å². The molecule has 1 aliphatic rings. The fourth-order valence-electron chi connectivity index (χ4n) is 1.66. The van der Waals surface area contributed by atoms with Gasteiger partial charge in [0.15, 0.2) is 0 Å². The molecule has 0 aromatic carbocycles. The van der Waals surface area contributed by atoms with Gasteiger partial charge in [-0.2, -0.15) is 0 Å². The van der Waals surface area contributed by atoms with E-state index in [0.29, 0.717) is 0 Å². The topological polar surface area (TPSA) is 26.3 Å². The van der Waals surface area contributed by atoms with Gasteiger partial charge < -0.3 is 4.74 Å². The van der Waals surface area contributed by atoms with Crippen molar-refractivity contribution in [3.05, 3.63) is 0 Å². The fourth-order valence-corrected chi connectivity index (χ4v) is 1.66. The molecule has 0 unspecified atom stereocenters. The molecule has 0 bridgehead atoms. The molecule has 0 N–H and O–H groups in total. The van der Waals surface area contributed by atoms with Crippen LogP contribution in [0.1, 0.15) is 53.9 Å². The Morgan fingerprint density at radius 3 is 1.93 bits per heavy atom. The minimum absolute atomic E-state index is 0. The van der Waals surface area contributed by atoms with Crippen molar-refractivity contribution in [1.29, 1.82) is 0 Å². The van der Waals surface area contributed by atoms with Crippen LogP contribution in [0, 0.1) is 11.8 Å². The van der Waals surface area contributed by atoms with Crippen molar-refractivity contribution >= 4 is 5.97 Å². The molecule has 1 aliphatic carbocycles. The summed E-state index contributed by atoms with van der Waals surface area (Å²) in [7, 11) is 1.47. The molecule has 2 heteroatoms. The van der Waals surface area contributed by atoms with E-state index in [1.807, 2.05) is 13.8 Å². The zero-order valence-corrected chi connectivity index (χ0v) is 9.30. The molecule has 0 aromatic heterocycles. The number of carbonyl (C=O) groups is 1. The highest BCUT2D eigenvalue weighted by Gasteiger charge is 2.24. The maximum atomic E-state index is 11.1. The van der Waals surface area contributed by atoms with E-state index in [-0.39, 0.29) is 19.3 Å². The summed E-state index contributed by atoms with van der Waals surface area (Å²) < 4.78 is 4.69. The van der Waals surface area contributed by atoms with Crippen LogP contribution in [0.3, 0.4) is 0 Å². The summed E-state index contributed by atoms with van der Waals surface area (Å²) in [6.07, 6.45) is 4.40. The normalized spacial score (nSPS) is 25.1. The Morgan fingerprint density at radius 2 is 1.57 bits per heavy atom. The number of carbonyl (C=O) groups excluding carboxylic acids is 1. The van der Waals surface area contributed by atoms with Crippen LogP contribution in [-0.4, -0.2) is 13.1 Å². The number of rotatable bonds is 1. The van der Waals surface area contributed by atoms with Crippen LogP contribution in [0.4, 0.5) is 0 Å². The van der Waals surface area contributed by atoms with Crippen LogP contribution < -0.4 is 0 Å². The lowest BCUT2D eigenvalue weighted by molar-refractivity contribution is -0.146. The number of methoxy groups -OCH3 is 1. The molecule has 0 atom stereocenters. The first-order valence-corrected chi connectivity index (χ1v) is 5.32. The number of hydrogen-bond donors (Lipinski definition) is 0. The second-order valence-electron chi connectivity index (χ2n) is 3.48. The molecule has 14 heavy (non-hydrogen) atoms. The molecule has 0 aromatic rings. The third-order valence-electron chi connectivity index (χ3n) is 2.55. The largest absolute Gasteiger partial charge is 0.469 e. The summed E-state index contributed by atoms with van der Waals surface area (Å²) in [5.74, 6) is 0.976. The van der Waals surface area contributed by atoms with Crippen LogP contribution in [0.2, 0.25) is 0 Å². The number of ether oxygens (including phenoxy) is 1. The maximum Gasteiger partial charge on any atom is 0.308 e. The van der Waals surface area contributed by atoms with Gasteiger partial charge in [-0.25, -0.2) is 0 Å². The zero-order valence-electron chi connectivity index (χ0n) is 9.30. The van der Waals surface area contributed by atoms with Crippen molar-refractivity contribution in [1.82, 2.24) is 0 Å². The first-order valence-electron chi connectivity index (χ1n) is 5.32. The molecule has 0 radical (unpaired) electrons. The van der Waals surface area contributed by atoms with Gasteiger partial charge in [-0.15, -0.1) is 0 Å². The van der Waals surface area contributed by atoms with E-state index < -0.39 is 0 Å². The molecule has 0 aliphatic heterocycles. The van der Waals surface area contributed by atoms with Gasteiger partial charge in [-0.1, -0.05) is 28.2 Å². The van der Waals surface area contributed by atoms with Gasteiger partial charge >= 0.3 is 5.97 Å². The second kappa shape index (κ2) is 9.04. The van der Waals surface area contributed by atoms with Crippen LogP contribution in [0.5, 0.6) is 0 Å². The minimum atomic E-state index is -0.0168. The van der Waals surface area contributed by atoms with E-state index in [2.05, 4.69) is 11.7 Å². The first-order chi connectivity index (χ1) is 6.24. The maximum absolute atomic E-state index is 11.1. The predicted molar refractivity (Wildman–Crippen MR) is 61.2 cm³/mol. The SMILES string of the molecule is C.CC.COC(=O)C1CCC(C)CC1. The van der Waals surface area contributed by atoms with E-state index in [1.54, 1.807) is 0 Å². The summed E-state index contributed by atoms with van der Waals surface area (Å²) in [5, 5.41) is 0. The molecule has 1 fully saturated rings. The average molecular weight is 202 g/mol. The lowest BCUT2D eigenvalue weighted by Crippen LogP contribution is -2.21. The third-order valence-corrected chi connectivity index (χ3v) is 2.55. The van der Waals surface area contributed by atoms with Gasteiger partial charge in [-0.3, -0.25) is 4.79 Å². The van der Waals surface area contributed by atoms with Crippen molar-refractivity contribution < 1.29 is 9.53 Å². The molecule has 86 valence electrons. The Morgan fingerprint density at radius 1 is 1.14 bits per heavy atom. The summed E-state index contributed by atoms with van der Waals surface area (Å²) >= 11 is 0. The van der Waals surface area contributed by atoms with Crippen molar-refractivity contribution in [2.24, 2.45) is 11.8 Å². The van der Waals surface area contributed by atoms with E-state index in [0.717, 1.165) is 18.8 Å². The predicted octanol–water partition coefficient (Wildman–Crippen LogP) is 3.65. The highest BCUT2D eigenvalue weighted by atomic mass is 16.5. The van der Waals surface area contributed by atoms with Gasteiger partial charge in [0, 0.05) is 0 Å². The fraction of sp³-hybridized carbons (Fsp3) is 0.917. The van der Waals surface area contributed by atoms with Crippen LogP contribution in [0.15, 0.2) is 0 Å². The van der Waals surface area contributed by atoms with E-state index in [4.69, 9.17) is 0 Å². The Balaban J connectivity index is 0. The van der Waals surface area contributed by atoms with Crippen LogP contribution in [0.25, 0.3) is 0 Å². The standard InChI is InChI=1S/C9H16O2.C2H6.CH4/c1-7-3-5-8(6-4-7)9(10)11-2;1-2;/h7-8H,3-6H2,1-2H3;1-2H3;1H4. The quantitative estimate of drug-likeness (QED) is 0.607. The third kappa shape index (κ3) is 5.25. The monoisotopic (exact) mass is 202 g/mol. The molecule has 0 saturated heterocycles. The smallest absolute Gasteiger partial charge is 0.308 e. The Labute approximate surface area is 89.0 Å². The molecule has 0 amide bonds. The highest BCUT2D eigenvalue weighted by Crippen LogP contribution is 2.28. The molecule has 1 saturated carbocycles. The molecule has 0 spiro atoms. The molecule has 1 rings (SSSR count). The summed E-state index contributed by atoms with van der Waals surface area (Å²) in [5.41, 5.74) is 0. The highest BCUT2D eigenvalue weighted by molar-refractivity contribution is 5.72. The summed E-state index contributed by atoms with van der Waals surface area (Å²) in [4.78, 5) is 11.1. The number of esters is 1. The Hall–Kier alpha value is -0.530. The molecular formula is C12H26O2. The van der Waals surface area contributed by atoms with Gasteiger partial charge in [-0.05, 0) is 31.6 Å². The van der Waals surface area contributed by atoms with Gasteiger partial charge in [0.05, 0.1) is 13.0 Å². The first kappa shape index (κ1) is 15.9. The van der Waals surface area contributed by atoms with E-state index in [9.17, 15) is 4.79 Å². The summed E-state index contributed by atoms with van der Waals surface area (Å²) in [6, 6.07) is 0. The zero-order chi connectivity index (χ0) is 10.3. The van der Waals surface area contributed by atoms with Crippen LogP contribution >= 0.6 is 0 Å². The van der Waals surface area contributed by atoms with Crippen molar-refractivity contribution in [2.75, 3.05) is 7.11 Å². The Kier molecular flexibility index (Phi) is 10.3. The Bertz CT molecular complexity index is 135. The average Bonchev–Trinajstić information content (AvgIpc) is 2.21. The molecule has 0 heterocycles.